The van der Waals surface area contributed by atoms with Crippen LogP contribution in [0, 0.1) is 6.92 Å². The highest BCUT2D eigenvalue weighted by atomic mass is 79.9. The molecule has 3 aromatic rings. The SMILES string of the molecule is Cc1c(Br)cnc2nc(-c3ccc([N+]4(C)C=NC(S(N)(=O)=O)=C4)cc3)[nH]c12. The monoisotopic (exact) mass is 447 g/mol. The Balaban J connectivity index is 1.70. The molecule has 10 heteroatoms. The number of nitrogens with two attached hydrogens (primary N) is 1. The molecular weight excluding hydrogens is 432 g/mol. The van der Waals surface area contributed by atoms with Gasteiger partial charge in [-0.2, -0.15) is 4.99 Å². The maximum absolute atomic E-state index is 11.5. The predicted octanol–water partition coefficient (Wildman–Crippen LogP) is 2.76. The van der Waals surface area contributed by atoms with Crippen LogP contribution in [0.1, 0.15) is 5.56 Å². The minimum atomic E-state index is -3.83. The summed E-state index contributed by atoms with van der Waals surface area (Å²) in [7, 11) is -2.01. The highest BCUT2D eigenvalue weighted by molar-refractivity contribution is 9.10. The largest absolute Gasteiger partial charge is 0.336 e. The minimum Gasteiger partial charge on any atom is -0.336 e. The van der Waals surface area contributed by atoms with E-state index in [2.05, 4.69) is 35.9 Å². The van der Waals surface area contributed by atoms with Crippen molar-refractivity contribution in [3.05, 3.63) is 51.7 Å². The van der Waals surface area contributed by atoms with Crippen LogP contribution in [0.4, 0.5) is 5.69 Å². The molecule has 1 aliphatic rings. The van der Waals surface area contributed by atoms with E-state index >= 15 is 0 Å². The lowest BCUT2D eigenvalue weighted by molar-refractivity contribution is 0.602. The number of hydrogen-bond donors (Lipinski definition) is 2. The van der Waals surface area contributed by atoms with Gasteiger partial charge in [0.05, 0.1) is 12.6 Å². The van der Waals surface area contributed by atoms with Crippen molar-refractivity contribution in [1.29, 1.82) is 0 Å². The van der Waals surface area contributed by atoms with Gasteiger partial charge in [-0.15, -0.1) is 0 Å². The fraction of sp³-hybridized carbons (Fsp3) is 0.118. The Morgan fingerprint density at radius 2 is 1.93 bits per heavy atom. The Kier molecular flexibility index (Phi) is 4.04. The van der Waals surface area contributed by atoms with Gasteiger partial charge in [0.1, 0.15) is 17.7 Å². The van der Waals surface area contributed by atoms with Crippen molar-refractivity contribution in [2.45, 2.75) is 6.92 Å². The number of rotatable bonds is 3. The summed E-state index contributed by atoms with van der Waals surface area (Å²) in [5, 5.41) is 5.02. The van der Waals surface area contributed by atoms with Crippen LogP contribution in [0.15, 0.2) is 51.2 Å². The van der Waals surface area contributed by atoms with E-state index in [1.54, 1.807) is 6.20 Å². The van der Waals surface area contributed by atoms with Crippen molar-refractivity contribution in [2.24, 2.45) is 10.1 Å². The molecule has 0 saturated carbocycles. The first-order chi connectivity index (χ1) is 12.7. The smallest absolute Gasteiger partial charge is 0.261 e. The van der Waals surface area contributed by atoms with E-state index in [-0.39, 0.29) is 9.51 Å². The number of halogens is 1. The summed E-state index contributed by atoms with van der Waals surface area (Å²) in [4.78, 5) is 16.1. The van der Waals surface area contributed by atoms with Crippen LogP contribution in [0.2, 0.25) is 0 Å². The average Bonchev–Trinajstić information content (AvgIpc) is 3.23. The lowest BCUT2D eigenvalue weighted by Gasteiger charge is -2.20. The lowest BCUT2D eigenvalue weighted by Crippen LogP contribution is -2.35. The fourth-order valence-electron chi connectivity index (χ4n) is 2.89. The molecule has 1 unspecified atom stereocenters. The van der Waals surface area contributed by atoms with Crippen molar-refractivity contribution in [2.75, 3.05) is 7.05 Å². The number of aromatic nitrogens is 3. The molecule has 4 rings (SSSR count). The summed E-state index contributed by atoms with van der Waals surface area (Å²) < 4.78 is 24.0. The lowest BCUT2D eigenvalue weighted by atomic mass is 10.2. The molecule has 138 valence electrons. The Labute approximate surface area is 164 Å². The van der Waals surface area contributed by atoms with Gasteiger partial charge < -0.3 is 4.98 Å². The van der Waals surface area contributed by atoms with Crippen molar-refractivity contribution >= 4 is 49.1 Å². The molecule has 3 N–H and O–H groups in total. The van der Waals surface area contributed by atoms with Crippen LogP contribution >= 0.6 is 15.9 Å². The summed E-state index contributed by atoms with van der Waals surface area (Å²) in [6.07, 6.45) is 4.76. The molecule has 0 aliphatic carbocycles. The third-order valence-electron chi connectivity index (χ3n) is 4.51. The summed E-state index contributed by atoms with van der Waals surface area (Å²) in [5.41, 5.74) is 4.32. The van der Waals surface area contributed by atoms with E-state index in [4.69, 9.17) is 5.14 Å². The first-order valence-electron chi connectivity index (χ1n) is 7.96. The maximum atomic E-state index is 11.5. The number of quaternary nitrogens is 1. The number of primary sulfonamides is 1. The number of hydrogen-bond acceptors (Lipinski definition) is 5. The first kappa shape index (κ1) is 18.0. The number of nitrogens with one attached hydrogen (secondary N) is 1. The molecule has 1 atom stereocenters. The highest BCUT2D eigenvalue weighted by Gasteiger charge is 2.31. The minimum absolute atomic E-state index is 0.111. The standard InChI is InChI=1S/C17H16BrN6O2S/c1-10-13(18)7-20-17-15(10)22-16(23-17)11-3-5-12(6-4-11)24(2)8-14(21-9-24)27(19,25)26/h3-9H,1-2H3,(H2,19,25,26)(H,20,22,23)/q+1. The molecule has 2 aromatic heterocycles. The van der Waals surface area contributed by atoms with Crippen LogP contribution in [0.5, 0.6) is 0 Å². The third kappa shape index (κ3) is 3.10. The Bertz CT molecular complexity index is 1230. The summed E-state index contributed by atoms with van der Waals surface area (Å²) in [5.74, 6) is 0.712. The zero-order valence-electron chi connectivity index (χ0n) is 14.5. The normalized spacial score (nSPS) is 19.6. The zero-order chi connectivity index (χ0) is 19.4. The quantitative estimate of drug-likeness (QED) is 0.600. The topological polar surface area (TPSA) is 114 Å². The number of benzene rings is 1. The number of H-pyrrole nitrogens is 1. The third-order valence-corrected chi connectivity index (χ3v) is 6.10. The summed E-state index contributed by atoms with van der Waals surface area (Å²) in [6, 6.07) is 7.62. The molecule has 1 aromatic carbocycles. The Morgan fingerprint density at radius 1 is 1.22 bits per heavy atom. The number of aryl methyl sites for hydroxylation is 1. The molecule has 1 aliphatic heterocycles. The average molecular weight is 448 g/mol. The van der Waals surface area contributed by atoms with E-state index in [1.165, 1.54) is 12.5 Å². The molecule has 0 fully saturated rings. The van der Waals surface area contributed by atoms with Gasteiger partial charge >= 0.3 is 0 Å². The van der Waals surface area contributed by atoms with Gasteiger partial charge in [-0.05, 0) is 40.5 Å². The zero-order valence-corrected chi connectivity index (χ0v) is 16.9. The molecule has 0 amide bonds. The van der Waals surface area contributed by atoms with Gasteiger partial charge in [-0.1, -0.05) is 0 Å². The van der Waals surface area contributed by atoms with Gasteiger partial charge in [0, 0.05) is 28.4 Å². The Hall–Kier alpha value is -2.40. The predicted molar refractivity (Wildman–Crippen MR) is 109 cm³/mol. The van der Waals surface area contributed by atoms with Gasteiger partial charge in [0.25, 0.3) is 10.0 Å². The number of aromatic amines is 1. The molecule has 27 heavy (non-hydrogen) atoms. The molecule has 0 radical (unpaired) electrons. The van der Waals surface area contributed by atoms with Crippen LogP contribution in [0.25, 0.3) is 22.6 Å². The molecular formula is C17H16BrN6O2S+. The van der Waals surface area contributed by atoms with Gasteiger partial charge in [-0.3, -0.25) is 0 Å². The van der Waals surface area contributed by atoms with Crippen molar-refractivity contribution in [3.8, 4) is 11.4 Å². The fourth-order valence-corrected chi connectivity index (χ4v) is 3.75. The molecule has 0 spiro atoms. The first-order valence-corrected chi connectivity index (χ1v) is 10.3. The number of imidazole rings is 1. The van der Waals surface area contributed by atoms with Crippen LogP contribution < -0.4 is 9.62 Å². The Morgan fingerprint density at radius 3 is 2.56 bits per heavy atom. The van der Waals surface area contributed by atoms with Crippen LogP contribution in [0.3, 0.4) is 0 Å². The number of nitrogens with zero attached hydrogens (tertiary/aromatic N) is 4. The molecule has 0 bridgehead atoms. The molecule has 8 nitrogen and oxygen atoms in total. The van der Waals surface area contributed by atoms with Crippen molar-refractivity contribution in [3.63, 3.8) is 0 Å². The second kappa shape index (κ2) is 6.06. The number of pyridine rings is 1. The van der Waals surface area contributed by atoms with Crippen molar-refractivity contribution < 1.29 is 8.42 Å². The van der Waals surface area contributed by atoms with Gasteiger partial charge in [0.15, 0.2) is 5.65 Å². The number of aliphatic imine (C=N–C) groups is 1. The second-order valence-electron chi connectivity index (χ2n) is 6.47. The second-order valence-corrected chi connectivity index (χ2v) is 8.83. The molecule has 3 heterocycles. The van der Waals surface area contributed by atoms with E-state index in [0.717, 1.165) is 26.8 Å². The summed E-state index contributed by atoms with van der Waals surface area (Å²) >= 11 is 3.47. The van der Waals surface area contributed by atoms with E-state index < -0.39 is 10.0 Å². The van der Waals surface area contributed by atoms with E-state index in [1.807, 2.05) is 38.2 Å². The number of fused-ring (bicyclic) bond motifs is 1. The maximum Gasteiger partial charge on any atom is 0.261 e. The number of sulfonamides is 1. The van der Waals surface area contributed by atoms with Crippen molar-refractivity contribution in [1.82, 2.24) is 19.4 Å². The van der Waals surface area contributed by atoms with Gasteiger partial charge in [-0.25, -0.2) is 28.0 Å². The van der Waals surface area contributed by atoms with Gasteiger partial charge in [0.2, 0.25) is 11.4 Å². The van der Waals surface area contributed by atoms with E-state index in [9.17, 15) is 8.42 Å². The molecule has 0 saturated heterocycles. The van der Waals surface area contributed by atoms with E-state index in [0.29, 0.717) is 11.5 Å². The van der Waals surface area contributed by atoms with Crippen LogP contribution in [-0.2, 0) is 10.0 Å². The highest BCUT2D eigenvalue weighted by Crippen LogP contribution is 2.30. The summed E-state index contributed by atoms with van der Waals surface area (Å²) in [6.45, 7) is 1.99. The van der Waals surface area contributed by atoms with Crippen LogP contribution in [-0.4, -0.2) is 36.8 Å².